The number of hydrogen-bond acceptors (Lipinski definition) is 3. The molecule has 0 unspecified atom stereocenters. The van der Waals surface area contributed by atoms with Crippen molar-refractivity contribution >= 4 is 27.5 Å². The van der Waals surface area contributed by atoms with Crippen LogP contribution in [0.3, 0.4) is 0 Å². The lowest BCUT2D eigenvalue weighted by molar-refractivity contribution is -0.122. The lowest BCUT2D eigenvalue weighted by Crippen LogP contribution is -2.32. The average molecular weight is 382 g/mol. The van der Waals surface area contributed by atoms with E-state index in [0.29, 0.717) is 22.4 Å². The molecule has 2 aromatic rings. The molecule has 0 heterocycles. The van der Waals surface area contributed by atoms with Gasteiger partial charge < -0.3 is 14.8 Å². The largest absolute Gasteiger partial charge is 0.493 e. The molecule has 0 radical (unpaired) electrons. The highest BCUT2D eigenvalue weighted by Gasteiger charge is 2.21. The molecule has 0 aromatic heterocycles. The summed E-state index contributed by atoms with van der Waals surface area (Å²) in [6.45, 7) is 1.82. The minimum absolute atomic E-state index is 0.111. The third kappa shape index (κ3) is 4.45. The van der Waals surface area contributed by atoms with Crippen LogP contribution in [0.5, 0.6) is 11.5 Å². The first-order valence-electron chi connectivity index (χ1n) is 7.10. The fourth-order valence-electron chi connectivity index (χ4n) is 2.00. The van der Waals surface area contributed by atoms with E-state index in [4.69, 9.17) is 9.47 Å². The number of ether oxygens (including phenoxy) is 2. The second-order valence-electron chi connectivity index (χ2n) is 4.78. The molecule has 6 heteroatoms. The number of anilines is 1. The van der Waals surface area contributed by atoms with Gasteiger partial charge in [-0.2, -0.15) is 0 Å². The van der Waals surface area contributed by atoms with Crippen molar-refractivity contribution in [1.82, 2.24) is 0 Å². The van der Waals surface area contributed by atoms with Crippen LogP contribution in [-0.2, 0) is 4.79 Å². The van der Waals surface area contributed by atoms with Gasteiger partial charge in [-0.15, -0.1) is 0 Å². The van der Waals surface area contributed by atoms with Crippen molar-refractivity contribution in [1.29, 1.82) is 0 Å². The molecule has 1 N–H and O–H groups in total. The molecule has 1 atom stereocenters. The van der Waals surface area contributed by atoms with Gasteiger partial charge >= 0.3 is 0 Å². The van der Waals surface area contributed by atoms with Crippen LogP contribution in [0.2, 0.25) is 0 Å². The Balaban J connectivity index is 2.12. The van der Waals surface area contributed by atoms with Crippen molar-refractivity contribution in [3.8, 4) is 11.5 Å². The highest BCUT2D eigenvalue weighted by molar-refractivity contribution is 9.10. The number of carbonyl (C=O) groups excluding carboxylic acids is 1. The summed E-state index contributed by atoms with van der Waals surface area (Å²) in [5, 5.41) is 2.55. The highest BCUT2D eigenvalue weighted by Crippen LogP contribution is 2.28. The normalized spacial score (nSPS) is 11.7. The molecule has 23 heavy (non-hydrogen) atoms. The van der Waals surface area contributed by atoms with E-state index in [1.807, 2.05) is 13.0 Å². The van der Waals surface area contributed by atoms with Gasteiger partial charge in [0.2, 0.25) is 0 Å². The molecule has 0 saturated carbocycles. The van der Waals surface area contributed by atoms with Gasteiger partial charge in [-0.1, -0.05) is 35.0 Å². The van der Waals surface area contributed by atoms with Crippen molar-refractivity contribution in [3.63, 3.8) is 0 Å². The van der Waals surface area contributed by atoms with E-state index < -0.39 is 17.8 Å². The van der Waals surface area contributed by atoms with Gasteiger partial charge in [-0.3, -0.25) is 4.79 Å². The zero-order chi connectivity index (χ0) is 16.8. The molecule has 0 bridgehead atoms. The van der Waals surface area contributed by atoms with Gasteiger partial charge in [0, 0.05) is 4.47 Å². The lowest BCUT2D eigenvalue weighted by atomic mass is 10.2. The Hall–Kier alpha value is -2.08. The van der Waals surface area contributed by atoms with Crippen molar-refractivity contribution in [2.75, 3.05) is 12.4 Å². The molecule has 0 aliphatic carbocycles. The van der Waals surface area contributed by atoms with E-state index in [2.05, 4.69) is 21.2 Å². The van der Waals surface area contributed by atoms with E-state index in [9.17, 15) is 9.18 Å². The van der Waals surface area contributed by atoms with Crippen LogP contribution in [0.15, 0.2) is 46.9 Å². The quantitative estimate of drug-likeness (QED) is 0.806. The summed E-state index contributed by atoms with van der Waals surface area (Å²) in [7, 11) is 1.53. The number of amides is 1. The molecule has 0 fully saturated rings. The Kier molecular flexibility index (Phi) is 5.98. The molecule has 0 saturated heterocycles. The maximum Gasteiger partial charge on any atom is 0.265 e. The number of methoxy groups -OCH3 is 1. The second kappa shape index (κ2) is 7.97. The molecule has 0 aliphatic rings. The topological polar surface area (TPSA) is 47.6 Å². The van der Waals surface area contributed by atoms with Gasteiger partial charge in [0.1, 0.15) is 5.82 Å². The summed E-state index contributed by atoms with van der Waals surface area (Å²) in [6.07, 6.45) is -0.323. The smallest absolute Gasteiger partial charge is 0.265 e. The summed E-state index contributed by atoms with van der Waals surface area (Å²) in [5.41, 5.74) is 0.111. The molecule has 122 valence electrons. The first-order valence-corrected chi connectivity index (χ1v) is 7.90. The van der Waals surface area contributed by atoms with Crippen molar-refractivity contribution in [3.05, 3.63) is 52.8 Å². The fraction of sp³-hybridized carbons (Fsp3) is 0.235. The van der Waals surface area contributed by atoms with Crippen molar-refractivity contribution in [2.45, 2.75) is 19.4 Å². The summed E-state index contributed by atoms with van der Waals surface area (Å²) in [5.74, 6) is 0.0707. The van der Waals surface area contributed by atoms with Crippen molar-refractivity contribution < 1.29 is 18.7 Å². The molecule has 0 aliphatic heterocycles. The van der Waals surface area contributed by atoms with Gasteiger partial charge in [0.15, 0.2) is 17.6 Å². The fourth-order valence-corrected chi connectivity index (χ4v) is 2.33. The Morgan fingerprint density at radius 1 is 1.26 bits per heavy atom. The molecule has 1 amide bonds. The number of carbonyl (C=O) groups is 1. The maximum atomic E-state index is 13.8. The summed E-state index contributed by atoms with van der Waals surface area (Å²) in [4.78, 5) is 12.3. The summed E-state index contributed by atoms with van der Waals surface area (Å²) in [6, 6.07) is 11.5. The van der Waals surface area contributed by atoms with E-state index in [-0.39, 0.29) is 5.69 Å². The third-order valence-electron chi connectivity index (χ3n) is 3.19. The Morgan fingerprint density at radius 3 is 2.57 bits per heavy atom. The Labute approximate surface area is 142 Å². The van der Waals surface area contributed by atoms with E-state index >= 15 is 0 Å². The van der Waals surface area contributed by atoms with Crippen LogP contribution in [0, 0.1) is 5.82 Å². The van der Waals surface area contributed by atoms with Gasteiger partial charge in [0.25, 0.3) is 5.91 Å². The summed E-state index contributed by atoms with van der Waals surface area (Å²) < 4.78 is 25.3. The van der Waals surface area contributed by atoms with E-state index in [1.54, 1.807) is 24.3 Å². The molecule has 2 aromatic carbocycles. The molecule has 4 nitrogen and oxygen atoms in total. The minimum Gasteiger partial charge on any atom is -0.493 e. The van der Waals surface area contributed by atoms with E-state index in [1.165, 1.54) is 19.2 Å². The van der Waals surface area contributed by atoms with Crippen molar-refractivity contribution in [2.24, 2.45) is 0 Å². The second-order valence-corrected chi connectivity index (χ2v) is 5.69. The number of nitrogens with one attached hydrogen (secondary N) is 1. The van der Waals surface area contributed by atoms with Crippen LogP contribution < -0.4 is 14.8 Å². The summed E-state index contributed by atoms with van der Waals surface area (Å²) >= 11 is 3.17. The van der Waals surface area contributed by atoms with Gasteiger partial charge in [-0.25, -0.2) is 4.39 Å². The molecular formula is C17H17BrFNO3. The minimum atomic E-state index is -0.755. The zero-order valence-electron chi connectivity index (χ0n) is 12.8. The maximum absolute atomic E-state index is 13.8. The zero-order valence-corrected chi connectivity index (χ0v) is 14.4. The Bertz CT molecular complexity index is 693. The SMILES string of the molecule is CC[C@@H](Oc1ccccc1OC)C(=O)Nc1ccc(Br)cc1F. The van der Waals surface area contributed by atoms with Crippen LogP contribution in [-0.4, -0.2) is 19.1 Å². The third-order valence-corrected chi connectivity index (χ3v) is 3.68. The monoisotopic (exact) mass is 381 g/mol. The lowest BCUT2D eigenvalue weighted by Gasteiger charge is -2.19. The Morgan fingerprint density at radius 2 is 1.96 bits per heavy atom. The number of halogens is 2. The molecular weight excluding hydrogens is 365 g/mol. The van der Waals surface area contributed by atoms with Gasteiger partial charge in [-0.05, 0) is 36.8 Å². The standard InChI is InChI=1S/C17H17BrFNO3/c1-3-14(23-16-7-5-4-6-15(16)22-2)17(21)20-13-9-8-11(18)10-12(13)19/h4-10,14H,3H2,1-2H3,(H,20,21)/t14-/m1/s1. The number of para-hydroxylation sites is 2. The molecule has 2 rings (SSSR count). The number of rotatable bonds is 6. The average Bonchev–Trinajstić information content (AvgIpc) is 2.55. The first kappa shape index (κ1) is 17.3. The van der Waals surface area contributed by atoms with E-state index in [0.717, 1.165) is 0 Å². The molecule has 0 spiro atoms. The highest BCUT2D eigenvalue weighted by atomic mass is 79.9. The van der Waals surface area contributed by atoms with Crippen LogP contribution in [0.4, 0.5) is 10.1 Å². The predicted octanol–water partition coefficient (Wildman–Crippen LogP) is 4.39. The van der Waals surface area contributed by atoms with Crippen LogP contribution >= 0.6 is 15.9 Å². The predicted molar refractivity (Wildman–Crippen MR) is 90.4 cm³/mol. The van der Waals surface area contributed by atoms with Gasteiger partial charge in [0.05, 0.1) is 12.8 Å². The van der Waals surface area contributed by atoms with Crippen LogP contribution in [0.1, 0.15) is 13.3 Å². The number of hydrogen-bond donors (Lipinski definition) is 1. The first-order chi connectivity index (χ1) is 11.0. The van der Waals surface area contributed by atoms with Crippen LogP contribution in [0.25, 0.3) is 0 Å². The number of benzene rings is 2.